The number of piperidine rings is 1. The van der Waals surface area contributed by atoms with Crippen LogP contribution in [0.3, 0.4) is 0 Å². The minimum absolute atomic E-state index is 0.144. The smallest absolute Gasteiger partial charge is 0.230 e. The van der Waals surface area contributed by atoms with Gasteiger partial charge >= 0.3 is 0 Å². The van der Waals surface area contributed by atoms with Gasteiger partial charge in [-0.2, -0.15) is 5.10 Å². The van der Waals surface area contributed by atoms with E-state index in [1.165, 1.54) is 0 Å². The summed E-state index contributed by atoms with van der Waals surface area (Å²) >= 11 is 0. The SMILES string of the molecule is CN1CCN(c2cccc(-c3cnn(C4CC(CCCNc5ccc6c(c5)C(=O)C(C5CCC(=O)NC5=O)C6=O)C4)c3)n2)CC1. The molecule has 1 aromatic carbocycles. The summed E-state index contributed by atoms with van der Waals surface area (Å²) in [4.78, 5) is 59.6. The summed E-state index contributed by atoms with van der Waals surface area (Å²) in [5, 5.41) is 10.3. The van der Waals surface area contributed by atoms with Crippen LogP contribution in [-0.4, -0.2) is 82.8 Å². The predicted molar refractivity (Wildman–Crippen MR) is 169 cm³/mol. The Bertz CT molecular complexity index is 1640. The third-order valence-electron chi connectivity index (χ3n) is 9.96. The highest BCUT2D eigenvalue weighted by atomic mass is 16.2. The Morgan fingerprint density at radius 2 is 1.78 bits per heavy atom. The van der Waals surface area contributed by atoms with Crippen molar-refractivity contribution in [1.82, 2.24) is 25.0 Å². The van der Waals surface area contributed by atoms with Crippen molar-refractivity contribution in [2.45, 2.75) is 44.6 Å². The summed E-state index contributed by atoms with van der Waals surface area (Å²) in [5.74, 6) is -1.69. The molecule has 2 saturated heterocycles. The first kappa shape index (κ1) is 29.3. The van der Waals surface area contributed by atoms with Crippen LogP contribution in [0.15, 0.2) is 48.8 Å². The number of ketones is 2. The number of anilines is 2. The van der Waals surface area contributed by atoms with Crippen LogP contribution in [0.1, 0.15) is 65.3 Å². The van der Waals surface area contributed by atoms with Gasteiger partial charge < -0.3 is 15.1 Å². The van der Waals surface area contributed by atoms with Gasteiger partial charge in [-0.3, -0.25) is 29.2 Å². The first-order valence-corrected chi connectivity index (χ1v) is 16.1. The Labute approximate surface area is 262 Å². The third-order valence-corrected chi connectivity index (χ3v) is 9.96. The van der Waals surface area contributed by atoms with E-state index in [-0.39, 0.29) is 30.3 Å². The summed E-state index contributed by atoms with van der Waals surface area (Å²) in [7, 11) is 2.16. The molecule has 234 valence electrons. The molecular weight excluding hydrogens is 570 g/mol. The maximum absolute atomic E-state index is 13.1. The van der Waals surface area contributed by atoms with Crippen molar-refractivity contribution >= 4 is 34.9 Å². The highest BCUT2D eigenvalue weighted by molar-refractivity contribution is 6.28. The number of imide groups is 1. The Kier molecular flexibility index (Phi) is 7.95. The number of carbonyl (C=O) groups excluding carboxylic acids is 4. The van der Waals surface area contributed by atoms with E-state index in [0.717, 1.165) is 81.2 Å². The van der Waals surface area contributed by atoms with Gasteiger partial charge in [0.2, 0.25) is 11.8 Å². The van der Waals surface area contributed by atoms with Crippen LogP contribution in [0.5, 0.6) is 0 Å². The monoisotopic (exact) mass is 609 g/mol. The first-order valence-electron chi connectivity index (χ1n) is 16.1. The average Bonchev–Trinajstić information content (AvgIpc) is 3.59. The first-order chi connectivity index (χ1) is 21.8. The lowest BCUT2D eigenvalue weighted by Crippen LogP contribution is -2.46. The van der Waals surface area contributed by atoms with Crippen molar-refractivity contribution in [2.75, 3.05) is 50.0 Å². The molecule has 2 aliphatic heterocycles. The van der Waals surface area contributed by atoms with Crippen molar-refractivity contribution in [2.24, 2.45) is 17.8 Å². The van der Waals surface area contributed by atoms with Crippen molar-refractivity contribution in [3.05, 3.63) is 59.9 Å². The molecule has 2 unspecified atom stereocenters. The third kappa shape index (κ3) is 5.88. The minimum Gasteiger partial charge on any atom is -0.385 e. The highest BCUT2D eigenvalue weighted by Gasteiger charge is 2.47. The minimum atomic E-state index is -1.04. The highest BCUT2D eigenvalue weighted by Crippen LogP contribution is 2.41. The van der Waals surface area contributed by atoms with Gasteiger partial charge in [0.25, 0.3) is 0 Å². The van der Waals surface area contributed by atoms with Crippen LogP contribution < -0.4 is 15.5 Å². The van der Waals surface area contributed by atoms with Crippen molar-refractivity contribution in [3.63, 3.8) is 0 Å². The maximum Gasteiger partial charge on any atom is 0.230 e. The Morgan fingerprint density at radius 3 is 2.58 bits per heavy atom. The number of hydrogen-bond donors (Lipinski definition) is 2. The van der Waals surface area contributed by atoms with Gasteiger partial charge in [-0.25, -0.2) is 4.98 Å². The zero-order valence-corrected chi connectivity index (χ0v) is 25.6. The number of aromatic nitrogens is 3. The van der Waals surface area contributed by atoms with Crippen LogP contribution in [-0.2, 0) is 9.59 Å². The van der Waals surface area contributed by atoms with Crippen molar-refractivity contribution < 1.29 is 19.2 Å². The van der Waals surface area contributed by atoms with Gasteiger partial charge in [0, 0.05) is 67.7 Å². The fourth-order valence-electron chi connectivity index (χ4n) is 7.16. The summed E-state index contributed by atoms with van der Waals surface area (Å²) in [6.45, 7) is 4.85. The van der Waals surface area contributed by atoms with E-state index >= 15 is 0 Å². The van der Waals surface area contributed by atoms with Crippen LogP contribution in [0.4, 0.5) is 11.5 Å². The van der Waals surface area contributed by atoms with Gasteiger partial charge in [0.05, 0.1) is 29.8 Å². The fourth-order valence-corrected chi connectivity index (χ4v) is 7.16. The number of pyridine rings is 1. The van der Waals surface area contributed by atoms with E-state index in [9.17, 15) is 19.2 Å². The number of fused-ring (bicyclic) bond motifs is 1. The normalized spacial score (nSPS) is 25.2. The lowest BCUT2D eigenvalue weighted by Gasteiger charge is -2.35. The van der Waals surface area contributed by atoms with E-state index < -0.39 is 17.7 Å². The molecule has 1 saturated carbocycles. The number of piperazine rings is 1. The number of hydrogen-bond acceptors (Lipinski definition) is 9. The number of likely N-dealkylation sites (N-methyl/N-ethyl adjacent to an activating group) is 1. The van der Waals surface area contributed by atoms with Gasteiger partial charge in [-0.15, -0.1) is 0 Å². The van der Waals surface area contributed by atoms with Crippen LogP contribution in [0.2, 0.25) is 0 Å². The molecule has 2 amide bonds. The number of rotatable bonds is 9. The molecule has 3 aromatic rings. The molecule has 4 heterocycles. The number of amides is 2. The van der Waals surface area contributed by atoms with E-state index in [1.54, 1.807) is 12.1 Å². The van der Waals surface area contributed by atoms with E-state index in [0.29, 0.717) is 23.1 Å². The largest absolute Gasteiger partial charge is 0.385 e. The van der Waals surface area contributed by atoms with Gasteiger partial charge in [-0.1, -0.05) is 6.07 Å². The van der Waals surface area contributed by atoms with Crippen LogP contribution >= 0.6 is 0 Å². The molecule has 3 fully saturated rings. The number of nitrogens with one attached hydrogen (secondary N) is 2. The van der Waals surface area contributed by atoms with Gasteiger partial charge in [-0.05, 0) is 75.4 Å². The summed E-state index contributed by atoms with van der Waals surface area (Å²) in [6.07, 6.45) is 8.72. The summed E-state index contributed by atoms with van der Waals surface area (Å²) in [5.41, 5.74) is 3.53. The van der Waals surface area contributed by atoms with Crippen molar-refractivity contribution in [1.29, 1.82) is 0 Å². The second-order valence-corrected chi connectivity index (χ2v) is 13.0. The quantitative estimate of drug-likeness (QED) is 0.212. The predicted octanol–water partition coefficient (Wildman–Crippen LogP) is 3.59. The molecule has 4 aliphatic rings. The molecule has 7 rings (SSSR count). The lowest BCUT2D eigenvalue weighted by atomic mass is 9.77. The van der Waals surface area contributed by atoms with E-state index in [1.807, 2.05) is 12.3 Å². The Morgan fingerprint density at radius 1 is 0.978 bits per heavy atom. The number of carbonyl (C=O) groups is 4. The molecule has 2 atom stereocenters. The molecule has 2 aromatic heterocycles. The Balaban J connectivity index is 0.871. The molecular formula is C34H39N7O4. The van der Waals surface area contributed by atoms with E-state index in [4.69, 9.17) is 4.98 Å². The summed E-state index contributed by atoms with van der Waals surface area (Å²) in [6, 6.07) is 11.9. The fraction of sp³-hybridized carbons (Fsp3) is 0.471. The van der Waals surface area contributed by atoms with Gasteiger partial charge in [0.1, 0.15) is 5.82 Å². The number of benzene rings is 1. The molecule has 11 heteroatoms. The van der Waals surface area contributed by atoms with Crippen molar-refractivity contribution in [3.8, 4) is 11.3 Å². The zero-order valence-electron chi connectivity index (χ0n) is 25.6. The molecule has 0 bridgehead atoms. The average molecular weight is 610 g/mol. The number of nitrogens with zero attached hydrogens (tertiary/aromatic N) is 5. The topological polar surface area (TPSA) is 130 Å². The van der Waals surface area contributed by atoms with Crippen LogP contribution in [0, 0.1) is 17.8 Å². The van der Waals surface area contributed by atoms with E-state index in [2.05, 4.69) is 61.7 Å². The second kappa shape index (κ2) is 12.2. The molecule has 11 nitrogen and oxygen atoms in total. The number of Topliss-reactive ketones (excluding diaryl/α,β-unsaturated/α-hetero) is 2. The van der Waals surface area contributed by atoms with Crippen LogP contribution in [0.25, 0.3) is 11.3 Å². The Hall–Kier alpha value is -4.38. The molecule has 2 aliphatic carbocycles. The second-order valence-electron chi connectivity index (χ2n) is 13.0. The molecule has 45 heavy (non-hydrogen) atoms. The standard InChI is InChI=1S/C34H39N7O4/c1-39-12-14-40(15-13-39)29-6-2-5-28(37-29)22-19-36-41(20-22)24-16-21(17-24)4-3-11-35-23-7-8-25-27(18-23)33(44)31(32(25)43)26-9-10-30(42)38-34(26)45/h2,5-8,18-21,24,26,31,35H,3-4,9-17H2,1H3,(H,38,42,45). The molecule has 2 N–H and O–H groups in total. The lowest BCUT2D eigenvalue weighted by molar-refractivity contribution is -0.137. The molecule has 0 radical (unpaired) electrons. The van der Waals surface area contributed by atoms with Gasteiger partial charge in [0.15, 0.2) is 11.6 Å². The summed E-state index contributed by atoms with van der Waals surface area (Å²) < 4.78 is 2.10. The maximum atomic E-state index is 13.1. The zero-order chi connectivity index (χ0) is 31.1. The molecule has 0 spiro atoms.